The minimum atomic E-state index is -0.835. The first-order valence-corrected chi connectivity index (χ1v) is 9.19. The first-order chi connectivity index (χ1) is 12.2. The summed E-state index contributed by atoms with van der Waals surface area (Å²) in [6.07, 6.45) is 8.07. The fourth-order valence-corrected chi connectivity index (χ4v) is 4.68. The van der Waals surface area contributed by atoms with Crippen molar-refractivity contribution in [3.05, 3.63) is 66.0 Å². The molecule has 2 fully saturated rings. The third-order valence-electron chi connectivity index (χ3n) is 5.92. The molecular weight excluding hydrogens is 312 g/mol. The lowest BCUT2D eigenvalue weighted by Gasteiger charge is -2.52. The number of hydrogen-bond acceptors (Lipinski definition) is 3. The minimum Gasteiger partial charge on any atom is -0.385 e. The van der Waals surface area contributed by atoms with E-state index in [1.807, 2.05) is 41.3 Å². The van der Waals surface area contributed by atoms with Gasteiger partial charge in [0.2, 0.25) is 0 Å². The third kappa shape index (κ3) is 2.85. The van der Waals surface area contributed by atoms with Crippen LogP contribution >= 0.6 is 0 Å². The van der Waals surface area contributed by atoms with E-state index in [0.717, 1.165) is 31.2 Å². The van der Waals surface area contributed by atoms with E-state index in [2.05, 4.69) is 4.98 Å². The average Bonchev–Trinajstić information content (AvgIpc) is 2.69. The number of aliphatic hydroxyl groups is 1. The molecule has 4 rings (SSSR count). The Labute approximate surface area is 148 Å². The Balaban J connectivity index is 1.66. The number of amides is 1. The van der Waals surface area contributed by atoms with Crippen LogP contribution in [0, 0.1) is 5.92 Å². The number of likely N-dealkylation sites (tertiary alicyclic amines) is 1. The molecule has 1 aromatic carbocycles. The molecule has 3 atom stereocenters. The predicted molar refractivity (Wildman–Crippen MR) is 96.0 cm³/mol. The van der Waals surface area contributed by atoms with E-state index in [9.17, 15) is 9.90 Å². The molecule has 1 aromatic heterocycles. The molecule has 25 heavy (non-hydrogen) atoms. The second-order valence-electron chi connectivity index (χ2n) is 7.24. The molecule has 1 saturated carbocycles. The Morgan fingerprint density at radius 1 is 1.12 bits per heavy atom. The lowest BCUT2D eigenvalue weighted by atomic mass is 9.66. The van der Waals surface area contributed by atoms with Crippen molar-refractivity contribution in [2.24, 2.45) is 5.92 Å². The highest BCUT2D eigenvalue weighted by molar-refractivity contribution is 5.94. The molecule has 2 aromatic rings. The Morgan fingerprint density at radius 3 is 2.68 bits per heavy atom. The number of carbonyl (C=O) groups excluding carboxylic acids is 1. The summed E-state index contributed by atoms with van der Waals surface area (Å²) in [4.78, 5) is 19.1. The number of aromatic nitrogens is 1. The van der Waals surface area contributed by atoms with Gasteiger partial charge in [-0.25, -0.2) is 0 Å². The molecule has 0 spiro atoms. The van der Waals surface area contributed by atoms with Crippen LogP contribution in [0.4, 0.5) is 0 Å². The van der Waals surface area contributed by atoms with Crippen LogP contribution < -0.4 is 0 Å². The fourth-order valence-electron chi connectivity index (χ4n) is 4.68. The standard InChI is InChI=1S/C21H24N2O2/c24-20(16-7-6-13-22-15-16)23-14-12-21(25,17-8-2-1-3-9-17)18-10-4-5-11-19(18)23/h1-3,6-9,13,15,18-19,25H,4-5,10-12,14H2/t18-,19?,21-/m1/s1. The van der Waals surface area contributed by atoms with Crippen molar-refractivity contribution in [3.63, 3.8) is 0 Å². The van der Waals surface area contributed by atoms with Gasteiger partial charge in [-0.15, -0.1) is 0 Å². The van der Waals surface area contributed by atoms with E-state index in [0.29, 0.717) is 18.5 Å². The van der Waals surface area contributed by atoms with Gasteiger partial charge in [-0.3, -0.25) is 9.78 Å². The van der Waals surface area contributed by atoms with Crippen LogP contribution in [-0.4, -0.2) is 33.5 Å². The summed E-state index contributed by atoms with van der Waals surface area (Å²) >= 11 is 0. The maximum Gasteiger partial charge on any atom is 0.255 e. The van der Waals surface area contributed by atoms with Gasteiger partial charge < -0.3 is 10.0 Å². The summed E-state index contributed by atoms with van der Waals surface area (Å²) in [5.41, 5.74) is 0.787. The summed E-state index contributed by atoms with van der Waals surface area (Å²) in [7, 11) is 0. The van der Waals surface area contributed by atoms with E-state index < -0.39 is 5.60 Å². The fraction of sp³-hybridized carbons (Fsp3) is 0.429. The van der Waals surface area contributed by atoms with Crippen molar-refractivity contribution < 1.29 is 9.90 Å². The molecule has 0 bridgehead atoms. The molecule has 0 radical (unpaired) electrons. The van der Waals surface area contributed by atoms with Crippen LogP contribution in [0.3, 0.4) is 0 Å². The summed E-state index contributed by atoms with van der Waals surface area (Å²) in [5.74, 6) is 0.137. The van der Waals surface area contributed by atoms with Crippen LogP contribution in [0.15, 0.2) is 54.9 Å². The van der Waals surface area contributed by atoms with Gasteiger partial charge in [-0.05, 0) is 37.0 Å². The molecule has 4 heteroatoms. The number of pyridine rings is 1. The highest BCUT2D eigenvalue weighted by atomic mass is 16.3. The number of nitrogens with zero attached hydrogens (tertiary/aromatic N) is 2. The normalized spacial score (nSPS) is 29.1. The zero-order valence-corrected chi connectivity index (χ0v) is 14.3. The first-order valence-electron chi connectivity index (χ1n) is 9.19. The molecule has 1 aliphatic carbocycles. The van der Waals surface area contributed by atoms with E-state index in [-0.39, 0.29) is 17.9 Å². The SMILES string of the molecule is O=C(c1cccnc1)N1CC[C@@](O)(c2ccccc2)[C@@H]2CCCCC21. The van der Waals surface area contributed by atoms with Crippen LogP contribution in [-0.2, 0) is 5.60 Å². The topological polar surface area (TPSA) is 53.4 Å². The second-order valence-corrected chi connectivity index (χ2v) is 7.24. The highest BCUT2D eigenvalue weighted by Gasteiger charge is 2.50. The van der Waals surface area contributed by atoms with Gasteiger partial charge in [0.05, 0.1) is 11.2 Å². The van der Waals surface area contributed by atoms with Crippen molar-refractivity contribution in [1.29, 1.82) is 0 Å². The molecule has 1 unspecified atom stereocenters. The molecule has 2 aliphatic rings. The van der Waals surface area contributed by atoms with Crippen LogP contribution in [0.5, 0.6) is 0 Å². The number of rotatable bonds is 2. The number of hydrogen-bond donors (Lipinski definition) is 1. The predicted octanol–water partition coefficient (Wildman–Crippen LogP) is 3.37. The lowest BCUT2D eigenvalue weighted by molar-refractivity contribution is -0.110. The van der Waals surface area contributed by atoms with Gasteiger partial charge in [0, 0.05) is 30.9 Å². The monoisotopic (exact) mass is 336 g/mol. The van der Waals surface area contributed by atoms with E-state index in [1.54, 1.807) is 18.5 Å². The van der Waals surface area contributed by atoms with Gasteiger partial charge in [-0.1, -0.05) is 43.2 Å². The van der Waals surface area contributed by atoms with Crippen LogP contribution in [0.25, 0.3) is 0 Å². The Hall–Kier alpha value is -2.20. The van der Waals surface area contributed by atoms with Gasteiger partial charge in [0.1, 0.15) is 0 Å². The van der Waals surface area contributed by atoms with Crippen LogP contribution in [0.1, 0.15) is 48.0 Å². The number of carbonyl (C=O) groups is 1. The number of benzene rings is 1. The lowest BCUT2D eigenvalue weighted by Crippen LogP contribution is -2.59. The Morgan fingerprint density at radius 2 is 1.92 bits per heavy atom. The summed E-state index contributed by atoms with van der Waals surface area (Å²) in [5, 5.41) is 11.6. The molecule has 4 nitrogen and oxygen atoms in total. The quantitative estimate of drug-likeness (QED) is 0.915. The zero-order chi connectivity index (χ0) is 17.3. The van der Waals surface area contributed by atoms with E-state index in [4.69, 9.17) is 0 Å². The average molecular weight is 336 g/mol. The number of fused-ring (bicyclic) bond motifs is 1. The van der Waals surface area contributed by atoms with E-state index in [1.165, 1.54) is 0 Å². The molecular formula is C21H24N2O2. The van der Waals surface area contributed by atoms with Crippen molar-refractivity contribution in [2.45, 2.75) is 43.7 Å². The molecule has 1 amide bonds. The molecule has 1 N–H and O–H groups in total. The largest absolute Gasteiger partial charge is 0.385 e. The van der Waals surface area contributed by atoms with Crippen molar-refractivity contribution in [2.75, 3.05) is 6.54 Å². The summed E-state index contributed by atoms with van der Waals surface area (Å²) < 4.78 is 0. The second kappa shape index (κ2) is 6.60. The maximum atomic E-state index is 13.0. The third-order valence-corrected chi connectivity index (χ3v) is 5.92. The van der Waals surface area contributed by atoms with Crippen molar-refractivity contribution in [1.82, 2.24) is 9.88 Å². The van der Waals surface area contributed by atoms with Gasteiger partial charge in [0.25, 0.3) is 5.91 Å². The smallest absolute Gasteiger partial charge is 0.255 e. The minimum absolute atomic E-state index is 0.0418. The Bertz CT molecular complexity index is 734. The van der Waals surface area contributed by atoms with Crippen molar-refractivity contribution >= 4 is 5.91 Å². The Kier molecular flexibility index (Phi) is 4.30. The number of piperidine rings is 1. The van der Waals surface area contributed by atoms with E-state index >= 15 is 0 Å². The highest BCUT2D eigenvalue weighted by Crippen LogP contribution is 2.47. The summed E-state index contributed by atoms with van der Waals surface area (Å²) in [6.45, 7) is 0.584. The van der Waals surface area contributed by atoms with Gasteiger partial charge in [-0.2, -0.15) is 0 Å². The summed E-state index contributed by atoms with van der Waals surface area (Å²) in [6, 6.07) is 13.7. The molecule has 1 saturated heterocycles. The zero-order valence-electron chi connectivity index (χ0n) is 14.3. The van der Waals surface area contributed by atoms with Gasteiger partial charge in [0.15, 0.2) is 0 Å². The van der Waals surface area contributed by atoms with Crippen LogP contribution in [0.2, 0.25) is 0 Å². The molecule has 130 valence electrons. The first kappa shape index (κ1) is 16.3. The van der Waals surface area contributed by atoms with Gasteiger partial charge >= 0.3 is 0 Å². The molecule has 2 heterocycles. The van der Waals surface area contributed by atoms with Crippen molar-refractivity contribution in [3.8, 4) is 0 Å². The molecule has 1 aliphatic heterocycles. The maximum absolute atomic E-state index is 13.0.